The van der Waals surface area contributed by atoms with E-state index in [2.05, 4.69) is 0 Å². The van der Waals surface area contributed by atoms with Crippen LogP contribution in [0.4, 0.5) is 0 Å². The van der Waals surface area contributed by atoms with Gasteiger partial charge >= 0.3 is 5.97 Å². The van der Waals surface area contributed by atoms with Crippen LogP contribution < -0.4 is 0 Å². The number of likely N-dealkylation sites (tertiary alicyclic amines) is 1. The maximum Gasteiger partial charge on any atom is 0.325 e. The first-order valence-corrected chi connectivity index (χ1v) is 6.33. The van der Waals surface area contributed by atoms with Crippen LogP contribution in [0.2, 0.25) is 0 Å². The van der Waals surface area contributed by atoms with Gasteiger partial charge in [-0.25, -0.2) is 0 Å². The molecule has 1 aliphatic heterocycles. The molecule has 0 saturated carbocycles. The quantitative estimate of drug-likeness (QED) is 0.648. The van der Waals surface area contributed by atoms with Gasteiger partial charge in [-0.3, -0.25) is 14.5 Å². The number of hydrogen-bond donors (Lipinski definition) is 1. The molecule has 1 fully saturated rings. The van der Waals surface area contributed by atoms with Crippen molar-refractivity contribution in [3.63, 3.8) is 0 Å². The van der Waals surface area contributed by atoms with Crippen LogP contribution in [0, 0.1) is 0 Å². The molecule has 0 unspecified atom stereocenters. The predicted molar refractivity (Wildman–Crippen MR) is 66.0 cm³/mol. The molecule has 0 aromatic heterocycles. The highest BCUT2D eigenvalue weighted by atomic mass is 16.5. The summed E-state index contributed by atoms with van der Waals surface area (Å²) in [7, 11) is 1.59. The Morgan fingerprint density at radius 1 is 1.50 bits per heavy atom. The summed E-state index contributed by atoms with van der Waals surface area (Å²) < 4.78 is 4.79. The van der Waals surface area contributed by atoms with E-state index in [0.29, 0.717) is 6.61 Å². The fraction of sp³-hybridized carbons (Fsp3) is 0.833. The Bertz CT molecular complexity index is 296. The maximum absolute atomic E-state index is 11.9. The van der Waals surface area contributed by atoms with Gasteiger partial charge in [0.15, 0.2) is 0 Å². The van der Waals surface area contributed by atoms with Crippen molar-refractivity contribution in [2.45, 2.75) is 25.8 Å². The average Bonchev–Trinajstić information content (AvgIpc) is 2.76. The van der Waals surface area contributed by atoms with Crippen molar-refractivity contribution in [1.82, 2.24) is 9.80 Å². The SMILES string of the molecule is CCOC(=O)CN(C)C(=O)CN1CCC[C@H]1CO. The summed E-state index contributed by atoms with van der Waals surface area (Å²) in [5, 5.41) is 9.16. The maximum atomic E-state index is 11.9. The minimum absolute atomic E-state index is 0.0235. The molecule has 0 bridgehead atoms. The molecule has 18 heavy (non-hydrogen) atoms. The van der Waals surface area contributed by atoms with E-state index < -0.39 is 5.97 Å². The van der Waals surface area contributed by atoms with E-state index in [1.54, 1.807) is 14.0 Å². The lowest BCUT2D eigenvalue weighted by molar-refractivity contribution is -0.148. The Labute approximate surface area is 107 Å². The average molecular weight is 258 g/mol. The van der Waals surface area contributed by atoms with Crippen molar-refractivity contribution < 1.29 is 19.4 Å². The number of amides is 1. The standard InChI is InChI=1S/C12H22N2O4/c1-3-18-12(17)8-13(2)11(16)7-14-6-4-5-10(14)9-15/h10,15H,3-9H2,1-2H3/t10-/m0/s1. The third-order valence-corrected chi connectivity index (χ3v) is 3.15. The largest absolute Gasteiger partial charge is 0.465 e. The molecule has 6 nitrogen and oxygen atoms in total. The zero-order valence-electron chi connectivity index (χ0n) is 11.1. The molecule has 1 atom stereocenters. The molecule has 1 amide bonds. The summed E-state index contributed by atoms with van der Waals surface area (Å²) in [6.07, 6.45) is 1.92. The van der Waals surface area contributed by atoms with E-state index in [1.807, 2.05) is 4.90 Å². The van der Waals surface area contributed by atoms with Crippen LogP contribution in [-0.4, -0.2) is 72.7 Å². The van der Waals surface area contributed by atoms with Gasteiger partial charge in [0.1, 0.15) is 6.54 Å². The Balaban J connectivity index is 2.37. The van der Waals surface area contributed by atoms with Crippen molar-refractivity contribution in [2.75, 3.05) is 39.9 Å². The second-order valence-electron chi connectivity index (χ2n) is 4.50. The molecule has 0 aliphatic carbocycles. The third-order valence-electron chi connectivity index (χ3n) is 3.15. The molecule has 6 heteroatoms. The first kappa shape index (κ1) is 14.9. The van der Waals surface area contributed by atoms with Crippen molar-refractivity contribution in [2.24, 2.45) is 0 Å². The van der Waals surface area contributed by atoms with E-state index in [-0.39, 0.29) is 31.6 Å². The fourth-order valence-corrected chi connectivity index (χ4v) is 2.09. The van der Waals surface area contributed by atoms with Crippen LogP contribution in [0.25, 0.3) is 0 Å². The first-order chi connectivity index (χ1) is 8.58. The smallest absolute Gasteiger partial charge is 0.325 e. The first-order valence-electron chi connectivity index (χ1n) is 6.33. The summed E-state index contributed by atoms with van der Waals surface area (Å²) in [5.41, 5.74) is 0. The summed E-state index contributed by atoms with van der Waals surface area (Å²) in [6, 6.07) is 0.0740. The predicted octanol–water partition coefficient (Wildman–Crippen LogP) is -0.535. The lowest BCUT2D eigenvalue weighted by Crippen LogP contribution is -2.43. The van der Waals surface area contributed by atoms with Crippen LogP contribution in [0.5, 0.6) is 0 Å². The van der Waals surface area contributed by atoms with Gasteiger partial charge in [-0.15, -0.1) is 0 Å². The Hall–Kier alpha value is -1.14. The van der Waals surface area contributed by atoms with Gasteiger partial charge < -0.3 is 14.7 Å². The summed E-state index contributed by atoms with van der Waals surface area (Å²) in [4.78, 5) is 26.5. The molecule has 0 radical (unpaired) electrons. The number of carbonyl (C=O) groups excluding carboxylic acids is 2. The molecule has 1 aliphatic rings. The van der Waals surface area contributed by atoms with Gasteiger partial charge in [0, 0.05) is 13.1 Å². The highest BCUT2D eigenvalue weighted by molar-refractivity contribution is 5.83. The Morgan fingerprint density at radius 2 is 2.22 bits per heavy atom. The monoisotopic (exact) mass is 258 g/mol. The molecular weight excluding hydrogens is 236 g/mol. The van der Waals surface area contributed by atoms with Crippen LogP contribution in [0.15, 0.2) is 0 Å². The zero-order valence-corrected chi connectivity index (χ0v) is 11.1. The molecule has 0 spiro atoms. The van der Waals surface area contributed by atoms with E-state index in [4.69, 9.17) is 9.84 Å². The Kier molecular flexibility index (Phi) is 6.07. The highest BCUT2D eigenvalue weighted by Gasteiger charge is 2.26. The topological polar surface area (TPSA) is 70.1 Å². The summed E-state index contributed by atoms with van der Waals surface area (Å²) >= 11 is 0. The van der Waals surface area contributed by atoms with Gasteiger partial charge in [0.25, 0.3) is 0 Å². The molecule has 0 aromatic rings. The van der Waals surface area contributed by atoms with E-state index in [1.165, 1.54) is 4.90 Å². The van der Waals surface area contributed by atoms with Gasteiger partial charge in [0.05, 0.1) is 19.8 Å². The zero-order chi connectivity index (χ0) is 13.5. The molecule has 1 saturated heterocycles. The van der Waals surface area contributed by atoms with E-state index in [0.717, 1.165) is 19.4 Å². The number of aliphatic hydroxyl groups excluding tert-OH is 1. The normalized spacial score (nSPS) is 19.8. The third kappa shape index (κ3) is 4.27. The minimum atomic E-state index is -0.395. The number of esters is 1. The summed E-state index contributed by atoms with van der Waals surface area (Å²) in [5.74, 6) is -0.517. The van der Waals surface area contributed by atoms with Crippen LogP contribution >= 0.6 is 0 Å². The van der Waals surface area contributed by atoms with Crippen molar-refractivity contribution in [3.05, 3.63) is 0 Å². The van der Waals surface area contributed by atoms with Crippen LogP contribution in [0.1, 0.15) is 19.8 Å². The highest BCUT2D eigenvalue weighted by Crippen LogP contribution is 2.16. The second kappa shape index (κ2) is 7.33. The molecular formula is C12H22N2O4. The van der Waals surface area contributed by atoms with Crippen molar-refractivity contribution in [3.8, 4) is 0 Å². The number of likely N-dealkylation sites (N-methyl/N-ethyl adjacent to an activating group) is 1. The summed E-state index contributed by atoms with van der Waals surface area (Å²) in [6.45, 7) is 3.18. The number of hydrogen-bond acceptors (Lipinski definition) is 5. The molecule has 1 rings (SSSR count). The molecule has 104 valence electrons. The van der Waals surface area contributed by atoms with Gasteiger partial charge in [0.2, 0.25) is 5.91 Å². The van der Waals surface area contributed by atoms with Crippen LogP contribution in [0.3, 0.4) is 0 Å². The van der Waals surface area contributed by atoms with Gasteiger partial charge in [-0.05, 0) is 26.3 Å². The lowest BCUT2D eigenvalue weighted by Gasteiger charge is -2.24. The van der Waals surface area contributed by atoms with E-state index >= 15 is 0 Å². The number of carbonyl (C=O) groups is 2. The number of aliphatic hydroxyl groups is 1. The van der Waals surface area contributed by atoms with Crippen molar-refractivity contribution >= 4 is 11.9 Å². The minimum Gasteiger partial charge on any atom is -0.465 e. The molecule has 1 heterocycles. The Morgan fingerprint density at radius 3 is 2.83 bits per heavy atom. The van der Waals surface area contributed by atoms with Gasteiger partial charge in [-0.2, -0.15) is 0 Å². The van der Waals surface area contributed by atoms with Crippen molar-refractivity contribution in [1.29, 1.82) is 0 Å². The lowest BCUT2D eigenvalue weighted by atomic mass is 10.2. The van der Waals surface area contributed by atoms with Gasteiger partial charge in [-0.1, -0.05) is 0 Å². The van der Waals surface area contributed by atoms with E-state index in [9.17, 15) is 9.59 Å². The molecule has 0 aromatic carbocycles. The second-order valence-corrected chi connectivity index (χ2v) is 4.50. The molecule has 1 N–H and O–H groups in total. The van der Waals surface area contributed by atoms with Crippen LogP contribution in [-0.2, 0) is 14.3 Å². The number of rotatable bonds is 6. The number of ether oxygens (including phenoxy) is 1. The fourth-order valence-electron chi connectivity index (χ4n) is 2.09. The number of nitrogens with zero attached hydrogens (tertiary/aromatic N) is 2.